The first-order valence-electron chi connectivity index (χ1n) is 22.2. The van der Waals surface area contributed by atoms with Crippen LogP contribution < -0.4 is 9.47 Å². The number of nitrogens with zero attached hydrogens (tertiary/aromatic N) is 2. The van der Waals surface area contributed by atoms with Gasteiger partial charge in [0.15, 0.2) is 0 Å². The number of imidazole rings is 1. The topological polar surface area (TPSA) is 56.5 Å². The number of ether oxygens (including phenoxy) is 2. The van der Waals surface area contributed by atoms with Crippen LogP contribution in [0.1, 0.15) is 79.1 Å². The zero-order valence-corrected chi connectivity index (χ0v) is 35.7. The van der Waals surface area contributed by atoms with Crippen molar-refractivity contribution >= 4 is 32.6 Å². The summed E-state index contributed by atoms with van der Waals surface area (Å²) < 4.78 is 14.9. The number of benzene rings is 7. The molecular formula is C55H58N2O3. The van der Waals surface area contributed by atoms with Crippen LogP contribution in [0.3, 0.4) is 0 Å². The third kappa shape index (κ3) is 8.63. The van der Waals surface area contributed by atoms with Gasteiger partial charge in [0.2, 0.25) is 0 Å². The van der Waals surface area contributed by atoms with E-state index in [-0.39, 0.29) is 5.75 Å². The fourth-order valence-electron chi connectivity index (χ4n) is 8.59. The lowest BCUT2D eigenvalue weighted by atomic mass is 9.97. The molecule has 0 aliphatic carbocycles. The molecular weight excluding hydrogens is 737 g/mol. The largest absolute Gasteiger partial charge is 0.507 e. The van der Waals surface area contributed by atoms with E-state index in [1.54, 1.807) is 6.07 Å². The number of rotatable bonds is 18. The molecule has 0 spiro atoms. The number of aromatic hydroxyl groups is 1. The Balaban J connectivity index is 1.28. The third-order valence-electron chi connectivity index (χ3n) is 12.3. The van der Waals surface area contributed by atoms with Crippen LogP contribution in [0.25, 0.3) is 71.9 Å². The van der Waals surface area contributed by atoms with E-state index in [0.29, 0.717) is 23.2 Å². The Kier molecular flexibility index (Phi) is 12.8. The summed E-state index contributed by atoms with van der Waals surface area (Å²) in [4.78, 5) is 5.42. The van der Waals surface area contributed by atoms with E-state index in [1.165, 1.54) is 38.5 Å². The Morgan fingerprint density at radius 1 is 0.533 bits per heavy atom. The first kappa shape index (κ1) is 40.7. The molecule has 0 amide bonds. The van der Waals surface area contributed by atoms with Crippen molar-refractivity contribution in [3.63, 3.8) is 0 Å². The van der Waals surface area contributed by atoms with Crippen molar-refractivity contribution in [3.8, 4) is 56.6 Å². The minimum Gasteiger partial charge on any atom is -0.507 e. The summed E-state index contributed by atoms with van der Waals surface area (Å²) in [7, 11) is 0. The van der Waals surface area contributed by atoms with Crippen LogP contribution >= 0.6 is 0 Å². The molecule has 5 heteroatoms. The van der Waals surface area contributed by atoms with Crippen LogP contribution in [0.5, 0.6) is 17.2 Å². The highest BCUT2D eigenvalue weighted by Gasteiger charge is 2.23. The molecule has 1 heterocycles. The number of hydrogen-bond donors (Lipinski definition) is 1. The third-order valence-corrected chi connectivity index (χ3v) is 12.3. The molecule has 0 bridgehead atoms. The lowest BCUT2D eigenvalue weighted by molar-refractivity contribution is 0.233. The van der Waals surface area contributed by atoms with Crippen LogP contribution in [-0.2, 0) is 0 Å². The lowest BCUT2D eigenvalue weighted by Crippen LogP contribution is -2.11. The molecule has 8 rings (SSSR count). The van der Waals surface area contributed by atoms with E-state index < -0.39 is 0 Å². The average Bonchev–Trinajstić information content (AvgIpc) is 3.71. The predicted molar refractivity (Wildman–Crippen MR) is 252 cm³/mol. The van der Waals surface area contributed by atoms with Crippen molar-refractivity contribution in [2.75, 3.05) is 13.2 Å². The quantitative estimate of drug-likeness (QED) is 0.0879. The summed E-state index contributed by atoms with van der Waals surface area (Å²) in [5, 5.41) is 15.9. The van der Waals surface area contributed by atoms with Gasteiger partial charge in [-0.2, -0.15) is 0 Å². The van der Waals surface area contributed by atoms with Crippen molar-refractivity contribution in [3.05, 3.63) is 140 Å². The SMILES string of the molecule is CCCCC(CC)COc1ccc(-c2cc(-c3ccc(OCC(CC)CCCC)cc3)cc(-n3c(-c4ccccc4O)nc4c5ccccc5c5ccccc5c43)c2)cc1. The van der Waals surface area contributed by atoms with Crippen molar-refractivity contribution < 1.29 is 14.6 Å². The van der Waals surface area contributed by atoms with Gasteiger partial charge in [-0.05, 0) is 112 Å². The monoisotopic (exact) mass is 794 g/mol. The molecule has 1 N–H and O–H groups in total. The Hall–Kier alpha value is -6.07. The number of hydrogen-bond acceptors (Lipinski definition) is 4. The first-order valence-corrected chi connectivity index (χ1v) is 22.2. The maximum atomic E-state index is 11.4. The maximum Gasteiger partial charge on any atom is 0.149 e. The van der Waals surface area contributed by atoms with Crippen molar-refractivity contribution in [2.45, 2.75) is 79.1 Å². The predicted octanol–water partition coefficient (Wildman–Crippen LogP) is 15.2. The summed E-state index contributed by atoms with van der Waals surface area (Å²) in [6, 6.07) is 48.5. The summed E-state index contributed by atoms with van der Waals surface area (Å²) in [6.07, 6.45) is 9.52. The van der Waals surface area contributed by atoms with Gasteiger partial charge >= 0.3 is 0 Å². The summed E-state index contributed by atoms with van der Waals surface area (Å²) >= 11 is 0. The molecule has 2 unspecified atom stereocenters. The number of fused-ring (bicyclic) bond motifs is 6. The molecule has 2 atom stereocenters. The number of para-hydroxylation sites is 1. The second kappa shape index (κ2) is 18.9. The normalized spacial score (nSPS) is 12.6. The molecule has 0 aliphatic heterocycles. The maximum absolute atomic E-state index is 11.4. The summed E-state index contributed by atoms with van der Waals surface area (Å²) in [6.45, 7) is 10.5. The molecule has 60 heavy (non-hydrogen) atoms. The van der Waals surface area contributed by atoms with Crippen molar-refractivity contribution in [2.24, 2.45) is 11.8 Å². The zero-order chi connectivity index (χ0) is 41.4. The number of phenols is 1. The van der Waals surface area contributed by atoms with Gasteiger partial charge in [0.1, 0.15) is 23.1 Å². The van der Waals surface area contributed by atoms with Gasteiger partial charge in [-0.1, -0.05) is 151 Å². The highest BCUT2D eigenvalue weighted by molar-refractivity contribution is 6.24. The van der Waals surface area contributed by atoms with E-state index in [4.69, 9.17) is 14.5 Å². The smallest absolute Gasteiger partial charge is 0.149 e. The molecule has 0 saturated carbocycles. The number of phenolic OH excluding ortho intramolecular Hbond substituents is 1. The first-order chi connectivity index (χ1) is 29.5. The van der Waals surface area contributed by atoms with Gasteiger partial charge in [0.25, 0.3) is 0 Å². The van der Waals surface area contributed by atoms with E-state index in [0.717, 1.165) is 98.1 Å². The van der Waals surface area contributed by atoms with Gasteiger partial charge in [-0.25, -0.2) is 4.98 Å². The fraction of sp³-hybridized carbons (Fsp3) is 0.291. The second-order valence-electron chi connectivity index (χ2n) is 16.3. The Bertz CT molecular complexity index is 2600. The number of aromatic nitrogens is 2. The molecule has 306 valence electrons. The second-order valence-corrected chi connectivity index (χ2v) is 16.3. The van der Waals surface area contributed by atoms with Gasteiger partial charge in [0, 0.05) is 16.5 Å². The molecule has 0 aliphatic rings. The molecule has 8 aromatic rings. The van der Waals surface area contributed by atoms with E-state index in [1.807, 2.05) is 18.2 Å². The molecule has 0 fully saturated rings. The standard InChI is InChI=1S/C55H58N2O3/c1-5-9-17-38(7-3)36-59-45-29-25-40(26-30-45)42-33-43(41-27-31-46(32-28-41)60-37-39(8-4)18-10-6-2)35-44(34-42)57-54-50-22-14-12-20-48(50)47-19-11-13-21-49(47)53(54)56-55(57)51-23-15-16-24-52(51)58/h11-16,19-35,38-39,58H,5-10,17-18,36-37H2,1-4H3. The van der Waals surface area contributed by atoms with Crippen LogP contribution in [0.2, 0.25) is 0 Å². The van der Waals surface area contributed by atoms with Gasteiger partial charge in [-0.15, -0.1) is 0 Å². The molecule has 7 aromatic carbocycles. The highest BCUT2D eigenvalue weighted by Crippen LogP contribution is 2.42. The lowest BCUT2D eigenvalue weighted by Gasteiger charge is -2.18. The van der Waals surface area contributed by atoms with Crippen LogP contribution in [0.15, 0.2) is 140 Å². The Morgan fingerprint density at radius 3 is 1.53 bits per heavy atom. The molecule has 5 nitrogen and oxygen atoms in total. The van der Waals surface area contributed by atoms with Crippen LogP contribution in [0.4, 0.5) is 0 Å². The fourth-order valence-corrected chi connectivity index (χ4v) is 8.59. The minimum absolute atomic E-state index is 0.185. The van der Waals surface area contributed by atoms with Gasteiger partial charge in [0.05, 0.1) is 29.8 Å². The zero-order valence-electron chi connectivity index (χ0n) is 35.7. The Labute approximate surface area is 355 Å². The van der Waals surface area contributed by atoms with E-state index in [9.17, 15) is 5.11 Å². The molecule has 0 radical (unpaired) electrons. The minimum atomic E-state index is 0.185. The van der Waals surface area contributed by atoms with Crippen LogP contribution in [0, 0.1) is 11.8 Å². The van der Waals surface area contributed by atoms with Gasteiger partial charge < -0.3 is 14.6 Å². The van der Waals surface area contributed by atoms with Crippen molar-refractivity contribution in [1.29, 1.82) is 0 Å². The van der Waals surface area contributed by atoms with Crippen molar-refractivity contribution in [1.82, 2.24) is 9.55 Å². The molecule has 1 aromatic heterocycles. The van der Waals surface area contributed by atoms with E-state index >= 15 is 0 Å². The summed E-state index contributed by atoms with van der Waals surface area (Å²) in [5.41, 5.74) is 7.83. The van der Waals surface area contributed by atoms with Crippen LogP contribution in [-0.4, -0.2) is 27.9 Å². The van der Waals surface area contributed by atoms with E-state index in [2.05, 4.69) is 148 Å². The van der Waals surface area contributed by atoms with Gasteiger partial charge in [-0.3, -0.25) is 4.57 Å². The molecule has 0 saturated heterocycles. The average molecular weight is 795 g/mol. The highest BCUT2D eigenvalue weighted by atomic mass is 16.5. The Morgan fingerprint density at radius 2 is 1.02 bits per heavy atom. The number of unbranched alkanes of at least 4 members (excludes halogenated alkanes) is 2. The summed E-state index contributed by atoms with van der Waals surface area (Å²) in [5.74, 6) is 3.77.